The molecule has 11 nitrogen and oxygen atoms in total. The molecular formula is C14H23N5O6. The van der Waals surface area contributed by atoms with Crippen molar-refractivity contribution in [1.29, 1.82) is 0 Å². The van der Waals surface area contributed by atoms with Crippen molar-refractivity contribution in [3.05, 3.63) is 12.2 Å². The summed E-state index contributed by atoms with van der Waals surface area (Å²) in [6, 6.07) is -0.780. The van der Waals surface area contributed by atoms with Gasteiger partial charge in [0.1, 0.15) is 37.3 Å². The highest BCUT2D eigenvalue weighted by Crippen LogP contribution is 2.29. The fourth-order valence-electron chi connectivity index (χ4n) is 2.34. The average Bonchev–Trinajstić information content (AvgIpc) is 3.18. The van der Waals surface area contributed by atoms with Gasteiger partial charge in [-0.2, -0.15) is 0 Å². The highest BCUT2D eigenvalue weighted by atomic mass is 16.6. The molecule has 0 bridgehead atoms. The van der Waals surface area contributed by atoms with Crippen LogP contribution in [0.2, 0.25) is 0 Å². The number of esters is 1. The van der Waals surface area contributed by atoms with Gasteiger partial charge in [-0.25, -0.2) is 9.67 Å². The molecule has 1 aliphatic heterocycles. The van der Waals surface area contributed by atoms with Crippen LogP contribution in [0.4, 0.5) is 0 Å². The van der Waals surface area contributed by atoms with E-state index in [-0.39, 0.29) is 18.3 Å². The Morgan fingerprint density at radius 3 is 2.68 bits per heavy atom. The number of hydrogen-bond acceptors (Lipinski definition) is 9. The highest BCUT2D eigenvalue weighted by molar-refractivity contribution is 5.88. The Morgan fingerprint density at radius 1 is 1.44 bits per heavy atom. The zero-order valence-electron chi connectivity index (χ0n) is 14.0. The first-order valence-corrected chi connectivity index (χ1v) is 7.91. The number of nitrogens with zero attached hydrogens (tertiary/aromatic N) is 3. The Hall–Kier alpha value is -2.08. The third-order valence-corrected chi connectivity index (χ3v) is 4.25. The average molecular weight is 357 g/mol. The quantitative estimate of drug-likeness (QED) is 0.399. The van der Waals surface area contributed by atoms with E-state index in [2.05, 4.69) is 10.1 Å². The molecule has 1 saturated heterocycles. The number of aromatic nitrogens is 3. The van der Waals surface area contributed by atoms with Gasteiger partial charge in [-0.05, 0) is 5.92 Å². The second-order valence-electron chi connectivity index (χ2n) is 6.00. The number of nitrogens with two attached hydrogens (primary N) is 2. The molecule has 3 unspecified atom stereocenters. The lowest BCUT2D eigenvalue weighted by Gasteiger charge is -2.19. The second kappa shape index (κ2) is 7.87. The third-order valence-electron chi connectivity index (χ3n) is 4.25. The maximum absolute atomic E-state index is 11.9. The summed E-state index contributed by atoms with van der Waals surface area (Å²) in [7, 11) is 0. The largest absolute Gasteiger partial charge is 0.462 e. The number of ether oxygens (including phenoxy) is 2. The molecule has 1 amide bonds. The van der Waals surface area contributed by atoms with Crippen LogP contribution < -0.4 is 11.5 Å². The second-order valence-corrected chi connectivity index (χ2v) is 6.00. The Labute approximate surface area is 143 Å². The summed E-state index contributed by atoms with van der Waals surface area (Å²) in [5, 5.41) is 23.9. The van der Waals surface area contributed by atoms with Gasteiger partial charge in [0, 0.05) is 0 Å². The summed E-state index contributed by atoms with van der Waals surface area (Å²) in [6.07, 6.45) is -2.88. The predicted molar refractivity (Wildman–Crippen MR) is 82.9 cm³/mol. The highest BCUT2D eigenvalue weighted by Gasteiger charge is 2.45. The van der Waals surface area contributed by atoms with Crippen LogP contribution in [0.25, 0.3) is 0 Å². The molecule has 140 valence electrons. The molecule has 11 heteroatoms. The smallest absolute Gasteiger partial charge is 0.323 e. The van der Waals surface area contributed by atoms with E-state index < -0.39 is 42.5 Å². The van der Waals surface area contributed by atoms with Gasteiger partial charge in [0.15, 0.2) is 6.23 Å². The molecule has 25 heavy (non-hydrogen) atoms. The Bertz CT molecular complexity index is 623. The molecule has 1 aromatic rings. The van der Waals surface area contributed by atoms with Crippen LogP contribution in [0.1, 0.15) is 37.1 Å². The molecule has 6 atom stereocenters. The third kappa shape index (κ3) is 4.12. The first kappa shape index (κ1) is 19.2. The van der Waals surface area contributed by atoms with Gasteiger partial charge < -0.3 is 31.2 Å². The number of carbonyl (C=O) groups is 2. The van der Waals surface area contributed by atoms with Crippen molar-refractivity contribution < 1.29 is 29.3 Å². The monoisotopic (exact) mass is 357 g/mol. The van der Waals surface area contributed by atoms with Crippen LogP contribution in [0.15, 0.2) is 6.33 Å². The summed E-state index contributed by atoms with van der Waals surface area (Å²) in [5.41, 5.74) is 10.8. The minimum Gasteiger partial charge on any atom is -0.462 e. The molecule has 0 radical (unpaired) electrons. The lowest BCUT2D eigenvalue weighted by Crippen LogP contribution is -2.40. The SMILES string of the molecule is CC[C@H](C)C(N)C(=O)OC[C@H]1O[C@@H](n2cnc(C(N)=O)n2)C(O)C1O. The lowest BCUT2D eigenvalue weighted by molar-refractivity contribution is -0.153. The molecule has 1 aliphatic rings. The molecule has 1 aromatic heterocycles. The van der Waals surface area contributed by atoms with Crippen molar-refractivity contribution >= 4 is 11.9 Å². The van der Waals surface area contributed by atoms with Crippen LogP contribution in [-0.4, -0.2) is 67.8 Å². The van der Waals surface area contributed by atoms with Crippen LogP contribution in [0.5, 0.6) is 0 Å². The van der Waals surface area contributed by atoms with E-state index in [4.69, 9.17) is 20.9 Å². The number of aliphatic hydroxyl groups is 2. The first-order valence-electron chi connectivity index (χ1n) is 7.91. The van der Waals surface area contributed by atoms with Crippen LogP contribution in [-0.2, 0) is 14.3 Å². The zero-order valence-corrected chi connectivity index (χ0v) is 14.0. The molecule has 6 N–H and O–H groups in total. The van der Waals surface area contributed by atoms with E-state index in [1.165, 1.54) is 0 Å². The van der Waals surface area contributed by atoms with Crippen LogP contribution in [0.3, 0.4) is 0 Å². The maximum Gasteiger partial charge on any atom is 0.323 e. The Kier molecular flexibility index (Phi) is 6.06. The van der Waals surface area contributed by atoms with E-state index in [1.807, 2.05) is 13.8 Å². The van der Waals surface area contributed by atoms with Gasteiger partial charge in [0.2, 0.25) is 5.82 Å². The van der Waals surface area contributed by atoms with Gasteiger partial charge >= 0.3 is 5.97 Å². The van der Waals surface area contributed by atoms with E-state index >= 15 is 0 Å². The topological polar surface area (TPSA) is 176 Å². The Balaban J connectivity index is 1.97. The normalized spacial score (nSPS) is 28.5. The summed E-state index contributed by atoms with van der Waals surface area (Å²) < 4.78 is 11.6. The molecule has 0 aromatic carbocycles. The fourth-order valence-corrected chi connectivity index (χ4v) is 2.34. The van der Waals surface area contributed by atoms with E-state index in [9.17, 15) is 19.8 Å². The van der Waals surface area contributed by atoms with Gasteiger partial charge in [0.25, 0.3) is 5.91 Å². The summed E-state index contributed by atoms with van der Waals surface area (Å²) in [4.78, 5) is 26.6. The van der Waals surface area contributed by atoms with Gasteiger partial charge in [-0.15, -0.1) is 5.10 Å². The molecule has 2 rings (SSSR count). The van der Waals surface area contributed by atoms with Crippen LogP contribution >= 0.6 is 0 Å². The molecular weight excluding hydrogens is 334 g/mol. The van der Waals surface area contributed by atoms with E-state index in [1.54, 1.807) is 0 Å². The van der Waals surface area contributed by atoms with Crippen molar-refractivity contribution in [2.24, 2.45) is 17.4 Å². The molecule has 2 heterocycles. The fraction of sp³-hybridized carbons (Fsp3) is 0.714. The number of primary amides is 1. The molecule has 0 aliphatic carbocycles. The Morgan fingerprint density at radius 2 is 2.12 bits per heavy atom. The van der Waals surface area contributed by atoms with Crippen molar-refractivity contribution in [2.75, 3.05) is 6.61 Å². The van der Waals surface area contributed by atoms with Crippen molar-refractivity contribution in [3.8, 4) is 0 Å². The molecule has 1 fully saturated rings. The number of amides is 1. The summed E-state index contributed by atoms with van der Waals surface area (Å²) >= 11 is 0. The van der Waals surface area contributed by atoms with Gasteiger partial charge in [0.05, 0.1) is 0 Å². The number of carbonyl (C=O) groups excluding carboxylic acids is 2. The standard InChI is InChI=1S/C14H23N5O6/c1-3-6(2)8(15)14(23)24-4-7-9(20)10(21)13(25-7)19-5-17-12(18-19)11(16)22/h5-10,13,20-21H,3-4,15H2,1-2H3,(H2,16,22)/t6-,7+,8?,9?,10?,13+/m0/s1. The number of rotatable bonds is 7. The minimum absolute atomic E-state index is 0.0531. The van der Waals surface area contributed by atoms with Crippen LogP contribution in [0, 0.1) is 5.92 Å². The van der Waals surface area contributed by atoms with Crippen molar-refractivity contribution in [1.82, 2.24) is 14.8 Å². The van der Waals surface area contributed by atoms with Gasteiger partial charge in [-0.1, -0.05) is 20.3 Å². The zero-order chi connectivity index (χ0) is 18.7. The minimum atomic E-state index is -1.35. The summed E-state index contributed by atoms with van der Waals surface area (Å²) in [5.74, 6) is -1.75. The first-order chi connectivity index (χ1) is 11.8. The predicted octanol–water partition coefficient (Wildman–Crippen LogP) is -2.09. The number of hydrogen-bond donors (Lipinski definition) is 4. The van der Waals surface area contributed by atoms with Gasteiger partial charge in [-0.3, -0.25) is 9.59 Å². The van der Waals surface area contributed by atoms with Crippen molar-refractivity contribution in [3.63, 3.8) is 0 Å². The lowest BCUT2D eigenvalue weighted by atomic mass is 10.0. The molecule has 0 saturated carbocycles. The molecule has 0 spiro atoms. The summed E-state index contributed by atoms with van der Waals surface area (Å²) in [6.45, 7) is 3.45. The number of aliphatic hydroxyl groups excluding tert-OH is 2. The van der Waals surface area contributed by atoms with Crippen molar-refractivity contribution in [2.45, 2.75) is 50.8 Å². The van der Waals surface area contributed by atoms with E-state index in [0.29, 0.717) is 6.42 Å². The van der Waals surface area contributed by atoms with E-state index in [0.717, 1.165) is 11.0 Å². The maximum atomic E-state index is 11.9.